The second-order valence-corrected chi connectivity index (χ2v) is 5.11. The molecule has 1 saturated heterocycles. The first kappa shape index (κ1) is 15.6. The van der Waals surface area contributed by atoms with Gasteiger partial charge in [-0.1, -0.05) is 11.6 Å². The lowest BCUT2D eigenvalue weighted by molar-refractivity contribution is -0.385. The molecule has 0 bridgehead atoms. The van der Waals surface area contributed by atoms with E-state index in [1.165, 1.54) is 11.0 Å². The summed E-state index contributed by atoms with van der Waals surface area (Å²) in [6.07, 6.45) is 0.464. The highest BCUT2D eigenvalue weighted by molar-refractivity contribution is 6.29. The van der Waals surface area contributed by atoms with Crippen molar-refractivity contribution >= 4 is 23.2 Å². The largest absolute Gasteiger partial charge is 0.394 e. The summed E-state index contributed by atoms with van der Waals surface area (Å²) < 4.78 is 5.34. The molecule has 1 aliphatic heterocycles. The lowest BCUT2D eigenvalue weighted by atomic mass is 10.1. The first-order valence-electron chi connectivity index (χ1n) is 6.27. The third-order valence-electron chi connectivity index (χ3n) is 3.25. The number of aromatic nitrogens is 1. The summed E-state index contributed by atoms with van der Waals surface area (Å²) >= 11 is 5.73. The van der Waals surface area contributed by atoms with Gasteiger partial charge in [0.2, 0.25) is 0 Å². The third-order valence-corrected chi connectivity index (χ3v) is 3.45. The van der Waals surface area contributed by atoms with Gasteiger partial charge in [-0.15, -0.1) is 0 Å². The van der Waals surface area contributed by atoms with Gasteiger partial charge in [0.05, 0.1) is 30.3 Å². The second-order valence-electron chi connectivity index (χ2n) is 4.73. The average Bonchev–Trinajstić information content (AvgIpc) is 2.46. The number of halogens is 1. The van der Waals surface area contributed by atoms with Gasteiger partial charge in [-0.2, -0.15) is 0 Å². The highest BCUT2D eigenvalue weighted by Crippen LogP contribution is 2.24. The van der Waals surface area contributed by atoms with Crippen molar-refractivity contribution in [1.82, 2.24) is 9.88 Å². The van der Waals surface area contributed by atoms with Crippen molar-refractivity contribution in [2.45, 2.75) is 19.1 Å². The Hall–Kier alpha value is -1.77. The summed E-state index contributed by atoms with van der Waals surface area (Å²) in [6, 6.07) is 0.921. The fourth-order valence-electron chi connectivity index (χ4n) is 2.11. The summed E-state index contributed by atoms with van der Waals surface area (Å²) in [7, 11) is 0. The van der Waals surface area contributed by atoms with E-state index < -0.39 is 22.6 Å². The maximum absolute atomic E-state index is 12.5. The monoisotopic (exact) mass is 315 g/mol. The van der Waals surface area contributed by atoms with Crippen molar-refractivity contribution in [3.8, 4) is 0 Å². The third kappa shape index (κ3) is 3.29. The van der Waals surface area contributed by atoms with Crippen LogP contribution in [-0.4, -0.2) is 57.7 Å². The Morgan fingerprint density at radius 2 is 2.43 bits per heavy atom. The minimum atomic E-state index is -0.675. The Balaban J connectivity index is 2.34. The lowest BCUT2D eigenvalue weighted by Gasteiger charge is -2.37. The van der Waals surface area contributed by atoms with Crippen molar-refractivity contribution in [2.24, 2.45) is 0 Å². The van der Waals surface area contributed by atoms with Gasteiger partial charge in [0.25, 0.3) is 11.6 Å². The van der Waals surface area contributed by atoms with Gasteiger partial charge >= 0.3 is 0 Å². The van der Waals surface area contributed by atoms with E-state index in [9.17, 15) is 14.9 Å². The van der Waals surface area contributed by atoms with Crippen LogP contribution in [0.4, 0.5) is 5.69 Å². The van der Waals surface area contributed by atoms with Crippen LogP contribution in [0.3, 0.4) is 0 Å². The summed E-state index contributed by atoms with van der Waals surface area (Å²) in [5.41, 5.74) is -0.519. The van der Waals surface area contributed by atoms with Crippen molar-refractivity contribution in [3.05, 3.63) is 33.1 Å². The molecule has 1 amide bonds. The normalized spacial score (nSPS) is 22.1. The zero-order valence-electron chi connectivity index (χ0n) is 11.2. The van der Waals surface area contributed by atoms with Crippen LogP contribution in [0.1, 0.15) is 17.3 Å². The molecular formula is C12H14ClN3O5. The molecule has 1 fully saturated rings. The molecule has 2 rings (SSSR count). The lowest BCUT2D eigenvalue weighted by Crippen LogP contribution is -2.52. The van der Waals surface area contributed by atoms with E-state index in [-0.39, 0.29) is 36.5 Å². The molecule has 2 heterocycles. The molecule has 2 unspecified atom stereocenters. The number of nitrogens with zero attached hydrogens (tertiary/aromatic N) is 3. The van der Waals surface area contributed by atoms with Gasteiger partial charge in [-0.3, -0.25) is 14.9 Å². The van der Waals surface area contributed by atoms with E-state index in [2.05, 4.69) is 4.98 Å². The van der Waals surface area contributed by atoms with Crippen molar-refractivity contribution in [1.29, 1.82) is 0 Å². The van der Waals surface area contributed by atoms with Crippen LogP contribution < -0.4 is 0 Å². The summed E-state index contributed by atoms with van der Waals surface area (Å²) in [5, 5.41) is 20.1. The Kier molecular flexibility index (Phi) is 4.71. The Labute approximate surface area is 125 Å². The van der Waals surface area contributed by atoms with E-state index in [1.807, 2.05) is 0 Å². The van der Waals surface area contributed by atoms with E-state index in [0.29, 0.717) is 0 Å². The van der Waals surface area contributed by atoms with Crippen molar-refractivity contribution < 1.29 is 19.6 Å². The van der Waals surface area contributed by atoms with Gasteiger partial charge in [0, 0.05) is 6.54 Å². The Bertz CT molecular complexity index is 568. The maximum atomic E-state index is 12.5. The smallest absolute Gasteiger partial charge is 0.300 e. The average molecular weight is 316 g/mol. The highest BCUT2D eigenvalue weighted by Gasteiger charge is 2.33. The molecule has 0 aliphatic carbocycles. The number of rotatable bonds is 3. The molecule has 1 N–H and O–H groups in total. The highest BCUT2D eigenvalue weighted by atomic mass is 35.5. The van der Waals surface area contributed by atoms with Crippen LogP contribution >= 0.6 is 11.6 Å². The standard InChI is InChI=1S/C12H14ClN3O5/c1-7-6-21-8(5-17)4-15(7)12(18)9-2-11(13)14-3-10(9)16(19)20/h2-3,7-8,17H,4-6H2,1H3. The molecule has 21 heavy (non-hydrogen) atoms. The van der Waals surface area contributed by atoms with Crippen LogP contribution in [-0.2, 0) is 4.74 Å². The van der Waals surface area contributed by atoms with Gasteiger partial charge in [0.15, 0.2) is 0 Å². The Morgan fingerprint density at radius 3 is 3.05 bits per heavy atom. The molecule has 1 aromatic rings. The van der Waals surface area contributed by atoms with Crippen LogP contribution in [0, 0.1) is 10.1 Å². The summed E-state index contributed by atoms with van der Waals surface area (Å²) in [4.78, 5) is 27.9. The van der Waals surface area contributed by atoms with Gasteiger partial charge in [-0.05, 0) is 13.0 Å². The molecule has 8 nitrogen and oxygen atoms in total. The first-order valence-corrected chi connectivity index (χ1v) is 6.65. The topological polar surface area (TPSA) is 106 Å². The minimum Gasteiger partial charge on any atom is -0.394 e. The number of morpholine rings is 1. The van der Waals surface area contributed by atoms with Crippen LogP contribution in [0.15, 0.2) is 12.3 Å². The molecule has 0 spiro atoms. The predicted octanol–water partition coefficient (Wildman–Crippen LogP) is 0.865. The van der Waals surface area contributed by atoms with E-state index in [0.717, 1.165) is 6.20 Å². The van der Waals surface area contributed by atoms with Crippen molar-refractivity contribution in [3.63, 3.8) is 0 Å². The second kappa shape index (κ2) is 6.33. The maximum Gasteiger partial charge on any atom is 0.300 e. The predicted molar refractivity (Wildman–Crippen MR) is 73.2 cm³/mol. The molecule has 0 radical (unpaired) electrons. The number of amides is 1. The SMILES string of the molecule is CC1COC(CO)CN1C(=O)c1cc(Cl)ncc1[N+](=O)[O-]. The van der Waals surface area contributed by atoms with E-state index >= 15 is 0 Å². The van der Waals surface area contributed by atoms with Gasteiger partial charge in [0.1, 0.15) is 16.9 Å². The number of hydrogen-bond acceptors (Lipinski definition) is 6. The van der Waals surface area contributed by atoms with Crippen molar-refractivity contribution in [2.75, 3.05) is 19.8 Å². The number of carbonyl (C=O) groups excluding carboxylic acids is 1. The first-order chi connectivity index (χ1) is 9.93. The quantitative estimate of drug-likeness (QED) is 0.504. The summed E-state index contributed by atoms with van der Waals surface area (Å²) in [5.74, 6) is -0.528. The zero-order valence-corrected chi connectivity index (χ0v) is 12.0. The van der Waals surface area contributed by atoms with E-state index in [4.69, 9.17) is 21.4 Å². The van der Waals surface area contributed by atoms with Crippen LogP contribution in [0.5, 0.6) is 0 Å². The molecule has 0 aromatic carbocycles. The number of carbonyl (C=O) groups is 1. The minimum absolute atomic E-state index is 0.00331. The number of aliphatic hydroxyl groups excluding tert-OH is 1. The number of aliphatic hydroxyl groups is 1. The number of pyridine rings is 1. The number of hydrogen-bond donors (Lipinski definition) is 1. The molecule has 2 atom stereocenters. The van der Waals surface area contributed by atoms with Crippen LogP contribution in [0.25, 0.3) is 0 Å². The van der Waals surface area contributed by atoms with Gasteiger partial charge < -0.3 is 14.7 Å². The number of nitro groups is 1. The molecule has 9 heteroatoms. The molecule has 1 aromatic heterocycles. The molecule has 0 saturated carbocycles. The van der Waals surface area contributed by atoms with Gasteiger partial charge in [-0.25, -0.2) is 4.98 Å². The zero-order chi connectivity index (χ0) is 15.6. The summed E-state index contributed by atoms with van der Waals surface area (Å²) in [6.45, 7) is 1.95. The fourth-order valence-corrected chi connectivity index (χ4v) is 2.26. The molecule has 1 aliphatic rings. The van der Waals surface area contributed by atoms with E-state index in [1.54, 1.807) is 6.92 Å². The van der Waals surface area contributed by atoms with Crippen LogP contribution in [0.2, 0.25) is 5.15 Å². The molecular weight excluding hydrogens is 302 g/mol. The number of ether oxygens (including phenoxy) is 1. The Morgan fingerprint density at radius 1 is 1.71 bits per heavy atom. The fraction of sp³-hybridized carbons (Fsp3) is 0.500. The molecule has 114 valence electrons.